The van der Waals surface area contributed by atoms with Gasteiger partial charge in [-0.15, -0.1) is 0 Å². The van der Waals surface area contributed by atoms with Crippen LogP contribution in [0.1, 0.15) is 31.4 Å². The second-order valence-electron chi connectivity index (χ2n) is 4.69. The first-order valence-electron chi connectivity index (χ1n) is 6.25. The topological polar surface area (TPSA) is 35.2 Å². The monoisotopic (exact) mass is 267 g/mol. The molecule has 0 amide bonds. The number of rotatable bonds is 5. The molecule has 0 saturated carbocycles. The standard InChI is InChI=1S/C15H22ClNO/c1-10(2)12(6-5-7-17)13-9-14(16)11(3)8-15(13)18-4/h6,8-10H,5,7,17H2,1-4H3/b12-6+. The molecule has 0 aliphatic carbocycles. The molecule has 3 heteroatoms. The van der Waals surface area contributed by atoms with Crippen LogP contribution in [0.4, 0.5) is 0 Å². The molecule has 0 aliphatic rings. The smallest absolute Gasteiger partial charge is 0.126 e. The van der Waals surface area contributed by atoms with Crippen LogP contribution in [-0.2, 0) is 0 Å². The Morgan fingerprint density at radius 1 is 1.44 bits per heavy atom. The lowest BCUT2D eigenvalue weighted by molar-refractivity contribution is 0.412. The summed E-state index contributed by atoms with van der Waals surface area (Å²) in [7, 11) is 1.69. The lowest BCUT2D eigenvalue weighted by Crippen LogP contribution is -2.01. The van der Waals surface area contributed by atoms with E-state index in [1.54, 1.807) is 7.11 Å². The molecular weight excluding hydrogens is 246 g/mol. The Labute approximate surface area is 115 Å². The zero-order valence-corrected chi connectivity index (χ0v) is 12.3. The molecule has 1 aromatic carbocycles. The maximum atomic E-state index is 6.22. The van der Waals surface area contributed by atoms with E-state index in [0.29, 0.717) is 12.5 Å². The summed E-state index contributed by atoms with van der Waals surface area (Å²) in [5.74, 6) is 1.28. The van der Waals surface area contributed by atoms with Crippen molar-refractivity contribution < 1.29 is 4.74 Å². The van der Waals surface area contributed by atoms with Crippen molar-refractivity contribution in [3.8, 4) is 5.75 Å². The minimum absolute atomic E-state index is 0.407. The van der Waals surface area contributed by atoms with Gasteiger partial charge in [-0.1, -0.05) is 31.5 Å². The molecule has 0 bridgehead atoms. The highest BCUT2D eigenvalue weighted by Gasteiger charge is 2.13. The number of methoxy groups -OCH3 is 1. The molecule has 2 nitrogen and oxygen atoms in total. The summed E-state index contributed by atoms with van der Waals surface area (Å²) in [4.78, 5) is 0. The van der Waals surface area contributed by atoms with Crippen LogP contribution >= 0.6 is 11.6 Å². The quantitative estimate of drug-likeness (QED) is 0.874. The van der Waals surface area contributed by atoms with Crippen LogP contribution in [0.25, 0.3) is 5.57 Å². The van der Waals surface area contributed by atoms with E-state index in [4.69, 9.17) is 22.1 Å². The highest BCUT2D eigenvalue weighted by molar-refractivity contribution is 6.31. The molecule has 1 rings (SSSR count). The number of hydrogen-bond acceptors (Lipinski definition) is 2. The average molecular weight is 268 g/mol. The van der Waals surface area contributed by atoms with Crippen molar-refractivity contribution in [1.29, 1.82) is 0 Å². The molecule has 0 aliphatic heterocycles. The fraction of sp³-hybridized carbons (Fsp3) is 0.467. The van der Waals surface area contributed by atoms with Gasteiger partial charge in [0.15, 0.2) is 0 Å². The van der Waals surface area contributed by atoms with Gasteiger partial charge in [-0.2, -0.15) is 0 Å². The van der Waals surface area contributed by atoms with Crippen LogP contribution in [0, 0.1) is 12.8 Å². The van der Waals surface area contributed by atoms with Crippen LogP contribution in [0.3, 0.4) is 0 Å². The van der Waals surface area contributed by atoms with Crippen molar-refractivity contribution in [2.75, 3.05) is 13.7 Å². The Kier molecular flexibility index (Phi) is 5.70. The third-order valence-corrected chi connectivity index (χ3v) is 3.35. The number of hydrogen-bond donors (Lipinski definition) is 1. The molecule has 18 heavy (non-hydrogen) atoms. The maximum absolute atomic E-state index is 6.22. The number of ether oxygens (including phenoxy) is 1. The Morgan fingerprint density at radius 3 is 2.61 bits per heavy atom. The van der Waals surface area contributed by atoms with Gasteiger partial charge >= 0.3 is 0 Å². The van der Waals surface area contributed by atoms with E-state index in [1.807, 2.05) is 19.1 Å². The SMILES string of the molecule is COc1cc(C)c(Cl)cc1/C(=C/CCN)C(C)C. The molecule has 1 aromatic rings. The summed E-state index contributed by atoms with van der Waals surface area (Å²) in [6, 6.07) is 3.97. The predicted molar refractivity (Wildman–Crippen MR) is 79.2 cm³/mol. The molecule has 100 valence electrons. The van der Waals surface area contributed by atoms with Crippen LogP contribution in [0.15, 0.2) is 18.2 Å². The van der Waals surface area contributed by atoms with Crippen LogP contribution in [0.5, 0.6) is 5.75 Å². The molecule has 0 spiro atoms. The number of nitrogens with two attached hydrogens (primary N) is 1. The van der Waals surface area contributed by atoms with Gasteiger partial charge in [-0.25, -0.2) is 0 Å². The second-order valence-corrected chi connectivity index (χ2v) is 5.10. The van der Waals surface area contributed by atoms with Gasteiger partial charge in [-0.05, 0) is 49.1 Å². The fourth-order valence-corrected chi connectivity index (χ4v) is 2.11. The van der Waals surface area contributed by atoms with Gasteiger partial charge in [-0.3, -0.25) is 0 Å². The molecule has 0 heterocycles. The summed E-state index contributed by atoms with van der Waals surface area (Å²) >= 11 is 6.22. The van der Waals surface area contributed by atoms with E-state index >= 15 is 0 Å². The van der Waals surface area contributed by atoms with E-state index < -0.39 is 0 Å². The second kappa shape index (κ2) is 6.81. The van der Waals surface area contributed by atoms with Gasteiger partial charge in [0.2, 0.25) is 0 Å². The van der Waals surface area contributed by atoms with Crippen LogP contribution in [-0.4, -0.2) is 13.7 Å². The Morgan fingerprint density at radius 2 is 2.11 bits per heavy atom. The fourth-order valence-electron chi connectivity index (χ4n) is 1.94. The lowest BCUT2D eigenvalue weighted by atomic mass is 9.93. The number of aryl methyl sites for hydroxylation is 1. The van der Waals surface area contributed by atoms with Gasteiger partial charge in [0.25, 0.3) is 0 Å². The summed E-state index contributed by atoms with van der Waals surface area (Å²) < 4.78 is 5.46. The predicted octanol–water partition coefficient (Wildman–Crippen LogP) is 4.05. The van der Waals surface area contributed by atoms with E-state index in [1.165, 1.54) is 5.57 Å². The summed E-state index contributed by atoms with van der Waals surface area (Å²) in [5.41, 5.74) is 8.91. The zero-order valence-electron chi connectivity index (χ0n) is 11.6. The highest BCUT2D eigenvalue weighted by atomic mass is 35.5. The van der Waals surface area contributed by atoms with Gasteiger partial charge < -0.3 is 10.5 Å². The first-order valence-corrected chi connectivity index (χ1v) is 6.63. The van der Waals surface area contributed by atoms with Gasteiger partial charge in [0.1, 0.15) is 5.75 Å². The van der Waals surface area contributed by atoms with Crippen molar-refractivity contribution in [1.82, 2.24) is 0 Å². The zero-order chi connectivity index (χ0) is 13.7. The Balaban J connectivity index is 3.31. The van der Waals surface area contributed by atoms with E-state index in [0.717, 1.165) is 28.3 Å². The Bertz CT molecular complexity index is 438. The van der Waals surface area contributed by atoms with E-state index in [-0.39, 0.29) is 0 Å². The van der Waals surface area contributed by atoms with Crippen molar-refractivity contribution in [2.45, 2.75) is 27.2 Å². The minimum atomic E-state index is 0.407. The number of benzene rings is 1. The summed E-state index contributed by atoms with van der Waals surface area (Å²) in [6.07, 6.45) is 3.04. The van der Waals surface area contributed by atoms with Crippen molar-refractivity contribution in [3.63, 3.8) is 0 Å². The molecule has 0 aromatic heterocycles. The molecule has 0 atom stereocenters. The third kappa shape index (κ3) is 3.50. The minimum Gasteiger partial charge on any atom is -0.496 e. The molecule has 0 radical (unpaired) electrons. The third-order valence-electron chi connectivity index (χ3n) is 2.94. The highest BCUT2D eigenvalue weighted by Crippen LogP contribution is 2.35. The molecule has 0 saturated heterocycles. The first kappa shape index (κ1) is 15.1. The average Bonchev–Trinajstić information content (AvgIpc) is 2.33. The van der Waals surface area contributed by atoms with Crippen molar-refractivity contribution in [2.24, 2.45) is 11.7 Å². The summed E-state index contributed by atoms with van der Waals surface area (Å²) in [5, 5.41) is 0.769. The molecule has 0 fully saturated rings. The lowest BCUT2D eigenvalue weighted by Gasteiger charge is -2.17. The van der Waals surface area contributed by atoms with Crippen LogP contribution in [0.2, 0.25) is 5.02 Å². The maximum Gasteiger partial charge on any atom is 0.126 e. The largest absolute Gasteiger partial charge is 0.496 e. The first-order chi connectivity index (χ1) is 8.51. The molecule has 2 N–H and O–H groups in total. The molecular formula is C15H22ClNO. The van der Waals surface area contributed by atoms with Crippen LogP contribution < -0.4 is 10.5 Å². The van der Waals surface area contributed by atoms with Gasteiger partial charge in [0, 0.05) is 10.6 Å². The van der Waals surface area contributed by atoms with E-state index in [2.05, 4.69) is 19.9 Å². The number of halogens is 1. The molecule has 0 unspecified atom stereocenters. The number of allylic oxidation sites excluding steroid dienone is 1. The summed E-state index contributed by atoms with van der Waals surface area (Å²) in [6.45, 7) is 6.95. The normalized spacial score (nSPS) is 12.1. The van der Waals surface area contributed by atoms with Crippen molar-refractivity contribution >= 4 is 17.2 Å². The Hall–Kier alpha value is -0.990. The van der Waals surface area contributed by atoms with E-state index in [9.17, 15) is 0 Å². The van der Waals surface area contributed by atoms with Crippen molar-refractivity contribution in [3.05, 3.63) is 34.4 Å². The van der Waals surface area contributed by atoms with Gasteiger partial charge in [0.05, 0.1) is 7.11 Å².